The number of hydrogen-bond acceptors (Lipinski definition) is 6. The molecule has 0 saturated heterocycles. The molecule has 0 aliphatic rings. The lowest BCUT2D eigenvalue weighted by molar-refractivity contribution is 0.601. The monoisotopic (exact) mass is 346 g/mol. The molecule has 6 nitrogen and oxygen atoms in total. The summed E-state index contributed by atoms with van der Waals surface area (Å²) in [7, 11) is -3.66. The van der Waals surface area contributed by atoms with Crippen molar-refractivity contribution in [3.8, 4) is 11.1 Å². The maximum atomic E-state index is 12.4. The number of rotatable bonds is 5. The van der Waals surface area contributed by atoms with Crippen molar-refractivity contribution < 1.29 is 8.42 Å². The lowest BCUT2D eigenvalue weighted by Gasteiger charge is -2.06. The lowest BCUT2D eigenvalue weighted by atomic mass is 10.1. The Bertz CT molecular complexity index is 891. The summed E-state index contributed by atoms with van der Waals surface area (Å²) in [6, 6.07) is 10.4. The minimum atomic E-state index is -3.66. The zero-order valence-electron chi connectivity index (χ0n) is 12.3. The average Bonchev–Trinajstić information content (AvgIpc) is 3.03. The second kappa shape index (κ2) is 6.43. The number of nitrogens with one attached hydrogen (secondary N) is 1. The van der Waals surface area contributed by atoms with Gasteiger partial charge in [0.1, 0.15) is 5.01 Å². The first-order valence-electron chi connectivity index (χ1n) is 6.94. The van der Waals surface area contributed by atoms with Crippen LogP contribution in [-0.2, 0) is 16.4 Å². The summed E-state index contributed by atoms with van der Waals surface area (Å²) < 4.78 is 27.2. The van der Waals surface area contributed by atoms with E-state index in [1.54, 1.807) is 36.7 Å². The van der Waals surface area contributed by atoms with Crippen molar-refractivity contribution >= 4 is 26.5 Å². The molecule has 0 bridgehead atoms. The molecule has 0 spiro atoms. The van der Waals surface area contributed by atoms with Gasteiger partial charge in [0.05, 0.1) is 4.90 Å². The van der Waals surface area contributed by atoms with E-state index in [-0.39, 0.29) is 10.0 Å². The Kier molecular flexibility index (Phi) is 4.35. The highest BCUT2D eigenvalue weighted by Gasteiger charge is 2.16. The Morgan fingerprint density at radius 1 is 1.00 bits per heavy atom. The summed E-state index contributed by atoms with van der Waals surface area (Å²) in [5, 5.41) is 8.80. The van der Waals surface area contributed by atoms with E-state index in [1.165, 1.54) is 11.3 Å². The van der Waals surface area contributed by atoms with Crippen molar-refractivity contribution in [2.75, 3.05) is 4.72 Å². The average molecular weight is 346 g/mol. The molecule has 0 aliphatic carbocycles. The summed E-state index contributed by atoms with van der Waals surface area (Å²) in [4.78, 5) is 4.15. The van der Waals surface area contributed by atoms with Gasteiger partial charge in [-0.2, -0.15) is 0 Å². The smallest absolute Gasteiger partial charge is 0.263 e. The molecule has 0 atom stereocenters. The number of nitrogens with zero attached hydrogens (tertiary/aromatic N) is 3. The summed E-state index contributed by atoms with van der Waals surface area (Å²) in [6.07, 6.45) is 4.12. The topological polar surface area (TPSA) is 84.8 Å². The fourth-order valence-electron chi connectivity index (χ4n) is 1.98. The minimum absolute atomic E-state index is 0.184. The van der Waals surface area contributed by atoms with Crippen LogP contribution in [0.5, 0.6) is 0 Å². The van der Waals surface area contributed by atoms with Crippen LogP contribution in [0, 0.1) is 0 Å². The van der Waals surface area contributed by atoms with Crippen LogP contribution >= 0.6 is 11.3 Å². The Balaban J connectivity index is 1.83. The number of anilines is 1. The van der Waals surface area contributed by atoms with Crippen molar-refractivity contribution in [2.45, 2.75) is 18.2 Å². The second-order valence-electron chi connectivity index (χ2n) is 4.72. The van der Waals surface area contributed by atoms with Crippen LogP contribution in [0.15, 0.2) is 53.7 Å². The number of aromatic nitrogens is 3. The van der Waals surface area contributed by atoms with Gasteiger partial charge in [-0.15, -0.1) is 10.2 Å². The molecule has 1 N–H and O–H groups in total. The lowest BCUT2D eigenvalue weighted by Crippen LogP contribution is -2.12. The molecule has 1 aromatic carbocycles. The van der Waals surface area contributed by atoms with E-state index in [0.717, 1.165) is 22.6 Å². The first-order chi connectivity index (χ1) is 11.1. The fourth-order valence-corrected chi connectivity index (χ4v) is 3.89. The first kappa shape index (κ1) is 15.6. The van der Waals surface area contributed by atoms with Crippen molar-refractivity contribution in [1.82, 2.24) is 15.2 Å². The largest absolute Gasteiger partial charge is 0.265 e. The van der Waals surface area contributed by atoms with Crippen LogP contribution < -0.4 is 4.72 Å². The zero-order chi connectivity index (χ0) is 16.3. The molecule has 3 rings (SSSR count). The summed E-state index contributed by atoms with van der Waals surface area (Å²) >= 11 is 1.23. The number of pyridine rings is 1. The van der Waals surface area contributed by atoms with Crippen LogP contribution in [0.1, 0.15) is 11.9 Å². The summed E-state index contributed by atoms with van der Waals surface area (Å²) in [5.74, 6) is 0. The van der Waals surface area contributed by atoms with Crippen LogP contribution in [-0.4, -0.2) is 23.6 Å². The highest BCUT2D eigenvalue weighted by Crippen LogP contribution is 2.23. The predicted octanol–water partition coefficient (Wildman–Crippen LogP) is 2.96. The molecular weight excluding hydrogens is 332 g/mol. The maximum absolute atomic E-state index is 12.4. The first-order valence-corrected chi connectivity index (χ1v) is 9.24. The van der Waals surface area contributed by atoms with Gasteiger partial charge >= 0.3 is 0 Å². The van der Waals surface area contributed by atoms with Gasteiger partial charge in [-0.1, -0.05) is 30.4 Å². The Labute approximate surface area is 138 Å². The van der Waals surface area contributed by atoms with Gasteiger partial charge in [0.25, 0.3) is 10.0 Å². The third-order valence-electron chi connectivity index (χ3n) is 3.17. The van der Waals surface area contributed by atoms with E-state index in [2.05, 4.69) is 19.9 Å². The van der Waals surface area contributed by atoms with E-state index in [4.69, 9.17) is 0 Å². The van der Waals surface area contributed by atoms with E-state index in [0.29, 0.717) is 0 Å². The van der Waals surface area contributed by atoms with E-state index < -0.39 is 10.0 Å². The summed E-state index contributed by atoms with van der Waals surface area (Å²) in [6.45, 7) is 1.94. The van der Waals surface area contributed by atoms with E-state index >= 15 is 0 Å². The molecule has 2 aromatic heterocycles. The van der Waals surface area contributed by atoms with Crippen LogP contribution in [0.3, 0.4) is 0 Å². The summed E-state index contributed by atoms with van der Waals surface area (Å²) in [5.41, 5.74) is 1.91. The van der Waals surface area contributed by atoms with Gasteiger partial charge in [0.2, 0.25) is 5.13 Å². The third-order valence-corrected chi connectivity index (χ3v) is 5.64. The standard InChI is InChI=1S/C15H14N4O2S2/c1-2-14-17-18-15(22-14)19-23(20,21)13-5-3-11(4-6-13)12-7-9-16-10-8-12/h3-10H,2H2,1H3,(H,18,19). The van der Waals surface area contributed by atoms with E-state index in [1.807, 2.05) is 19.1 Å². The van der Waals surface area contributed by atoms with Crippen LogP contribution in [0.25, 0.3) is 11.1 Å². The molecule has 0 unspecified atom stereocenters. The maximum Gasteiger partial charge on any atom is 0.263 e. The molecule has 2 heterocycles. The van der Waals surface area contributed by atoms with Gasteiger partial charge < -0.3 is 0 Å². The predicted molar refractivity (Wildman–Crippen MR) is 89.8 cm³/mol. The normalized spacial score (nSPS) is 11.3. The third kappa shape index (κ3) is 3.54. The van der Waals surface area contributed by atoms with Crippen LogP contribution in [0.2, 0.25) is 0 Å². The Hall–Kier alpha value is -2.32. The Morgan fingerprint density at radius 2 is 1.65 bits per heavy atom. The number of aryl methyl sites for hydroxylation is 1. The molecule has 0 aliphatic heterocycles. The molecule has 3 aromatic rings. The quantitative estimate of drug-likeness (QED) is 0.768. The van der Waals surface area contributed by atoms with Crippen molar-refractivity contribution in [3.05, 3.63) is 53.8 Å². The molecule has 118 valence electrons. The van der Waals surface area contributed by atoms with Gasteiger partial charge in [0, 0.05) is 12.4 Å². The number of sulfonamides is 1. The second-order valence-corrected chi connectivity index (χ2v) is 7.46. The van der Waals surface area contributed by atoms with Crippen molar-refractivity contribution in [1.29, 1.82) is 0 Å². The SMILES string of the molecule is CCc1nnc(NS(=O)(=O)c2ccc(-c3ccncc3)cc2)s1. The number of hydrogen-bond donors (Lipinski definition) is 1. The van der Waals surface area contributed by atoms with Gasteiger partial charge in [-0.05, 0) is 41.8 Å². The Morgan fingerprint density at radius 3 is 2.26 bits per heavy atom. The van der Waals surface area contributed by atoms with Crippen molar-refractivity contribution in [2.24, 2.45) is 0 Å². The zero-order valence-corrected chi connectivity index (χ0v) is 13.9. The molecule has 0 radical (unpaired) electrons. The van der Waals surface area contributed by atoms with Crippen LogP contribution in [0.4, 0.5) is 5.13 Å². The highest BCUT2D eigenvalue weighted by atomic mass is 32.2. The van der Waals surface area contributed by atoms with Gasteiger partial charge in [-0.25, -0.2) is 8.42 Å². The van der Waals surface area contributed by atoms with Crippen molar-refractivity contribution in [3.63, 3.8) is 0 Å². The molecule has 23 heavy (non-hydrogen) atoms. The van der Waals surface area contributed by atoms with Gasteiger partial charge in [-0.3, -0.25) is 9.71 Å². The fraction of sp³-hybridized carbons (Fsp3) is 0.133. The van der Waals surface area contributed by atoms with E-state index in [9.17, 15) is 8.42 Å². The van der Waals surface area contributed by atoms with Gasteiger partial charge in [0.15, 0.2) is 0 Å². The molecule has 0 saturated carbocycles. The highest BCUT2D eigenvalue weighted by molar-refractivity contribution is 7.93. The minimum Gasteiger partial charge on any atom is -0.265 e. The number of benzene rings is 1. The molecule has 8 heteroatoms. The molecule has 0 fully saturated rings. The molecule has 0 amide bonds. The molecular formula is C15H14N4O2S2.